The van der Waals surface area contributed by atoms with E-state index in [0.29, 0.717) is 0 Å². The molecular weight excluding hydrogens is 167 g/mol. The third kappa shape index (κ3) is 2.05. The SMILES string of the molecule is [Cl-].[Zn+][c]1ncco1. The van der Waals surface area contributed by atoms with E-state index in [1.165, 1.54) is 0 Å². The van der Waals surface area contributed by atoms with E-state index in [2.05, 4.69) is 4.98 Å². The van der Waals surface area contributed by atoms with Gasteiger partial charge >= 0.3 is 44.6 Å². The fourth-order valence-electron chi connectivity index (χ4n) is 0.253. The Kier molecular flexibility index (Phi) is 3.22. The van der Waals surface area contributed by atoms with Crippen LogP contribution in [-0.2, 0) is 18.3 Å². The fraction of sp³-hybridized carbons (Fsp3) is 0. The molecule has 0 aliphatic carbocycles. The van der Waals surface area contributed by atoms with Crippen LogP contribution in [0.5, 0.6) is 0 Å². The topological polar surface area (TPSA) is 26.0 Å². The third-order valence-corrected chi connectivity index (χ3v) is 1.22. The first-order valence-corrected chi connectivity index (χ1v) is 3.09. The normalized spacial score (nSPS) is 7.71. The van der Waals surface area contributed by atoms with E-state index < -0.39 is 0 Å². The number of oxazole rings is 1. The van der Waals surface area contributed by atoms with E-state index in [0.717, 1.165) is 22.8 Å². The molecule has 0 spiro atoms. The first-order chi connectivity index (χ1) is 2.89. The van der Waals surface area contributed by atoms with Crippen LogP contribution in [0.3, 0.4) is 0 Å². The summed E-state index contributed by atoms with van der Waals surface area (Å²) in [5.74, 6) is 0. The van der Waals surface area contributed by atoms with E-state index in [9.17, 15) is 0 Å². The summed E-state index contributed by atoms with van der Waals surface area (Å²) in [6, 6.07) is 0. The van der Waals surface area contributed by atoms with Crippen LogP contribution in [0.4, 0.5) is 0 Å². The summed E-state index contributed by atoms with van der Waals surface area (Å²) in [6.07, 6.45) is 3.23. The summed E-state index contributed by atoms with van der Waals surface area (Å²) in [6.45, 7) is 0. The van der Waals surface area contributed by atoms with Crippen LogP contribution < -0.4 is 16.9 Å². The van der Waals surface area contributed by atoms with Crippen molar-refractivity contribution in [2.75, 3.05) is 0 Å². The van der Waals surface area contributed by atoms with Crippen LogP contribution >= 0.6 is 0 Å². The minimum absolute atomic E-state index is 0. The molecule has 0 amide bonds. The Labute approximate surface area is 57.4 Å². The molecule has 0 saturated heterocycles. The van der Waals surface area contributed by atoms with Crippen molar-refractivity contribution < 1.29 is 35.1 Å². The molecule has 1 aromatic rings. The predicted molar refractivity (Wildman–Crippen MR) is 16.1 cm³/mol. The molecule has 34 valence electrons. The zero-order chi connectivity index (χ0) is 4.41. The van der Waals surface area contributed by atoms with Crippen LogP contribution in [0.2, 0.25) is 0 Å². The second-order valence-electron chi connectivity index (χ2n) is 0.926. The molecule has 0 bridgehead atoms. The van der Waals surface area contributed by atoms with Crippen molar-refractivity contribution in [2.45, 2.75) is 0 Å². The monoisotopic (exact) mass is 167 g/mol. The molecule has 2 nitrogen and oxygen atoms in total. The molecule has 7 heavy (non-hydrogen) atoms. The first kappa shape index (κ1) is 7.12. The molecule has 1 aromatic heterocycles. The molecule has 0 unspecified atom stereocenters. The van der Waals surface area contributed by atoms with Gasteiger partial charge in [0, 0.05) is 0 Å². The second kappa shape index (κ2) is 3.17. The van der Waals surface area contributed by atoms with Crippen molar-refractivity contribution in [1.82, 2.24) is 4.98 Å². The number of nitrogens with zero attached hydrogens (tertiary/aromatic N) is 1. The van der Waals surface area contributed by atoms with Gasteiger partial charge < -0.3 is 12.4 Å². The molecule has 0 fully saturated rings. The first-order valence-electron chi connectivity index (χ1n) is 1.61. The minimum atomic E-state index is 0. The van der Waals surface area contributed by atoms with Crippen LogP contribution in [-0.4, -0.2) is 4.98 Å². The van der Waals surface area contributed by atoms with Crippen LogP contribution in [0, 0.1) is 0 Å². The van der Waals surface area contributed by atoms with Gasteiger partial charge in [-0.2, -0.15) is 0 Å². The van der Waals surface area contributed by atoms with Gasteiger partial charge in [0.05, 0.1) is 0 Å². The molecule has 1 heterocycles. The summed E-state index contributed by atoms with van der Waals surface area (Å²) in [7, 11) is 0. The zero-order valence-corrected chi connectivity index (χ0v) is 7.32. The summed E-state index contributed by atoms with van der Waals surface area (Å²) in [5, 5.41) is 0. The van der Waals surface area contributed by atoms with Gasteiger partial charge in [0.25, 0.3) is 0 Å². The Morgan fingerprint density at radius 2 is 2.43 bits per heavy atom. The van der Waals surface area contributed by atoms with Crippen LogP contribution in [0.1, 0.15) is 0 Å². The van der Waals surface area contributed by atoms with Gasteiger partial charge in [0.1, 0.15) is 0 Å². The molecule has 4 heteroatoms. The van der Waals surface area contributed by atoms with Crippen molar-refractivity contribution in [3.63, 3.8) is 0 Å². The summed E-state index contributed by atoms with van der Waals surface area (Å²) < 4.78 is 5.62. The van der Waals surface area contributed by atoms with Crippen molar-refractivity contribution in [3.05, 3.63) is 12.5 Å². The van der Waals surface area contributed by atoms with Gasteiger partial charge in [0.15, 0.2) is 0 Å². The Morgan fingerprint density at radius 3 is 2.57 bits per heavy atom. The number of rotatable bonds is 0. The molecule has 0 N–H and O–H groups in total. The average molecular weight is 169 g/mol. The quantitative estimate of drug-likeness (QED) is 0.383. The van der Waals surface area contributed by atoms with Crippen molar-refractivity contribution in [1.29, 1.82) is 0 Å². The van der Waals surface area contributed by atoms with Gasteiger partial charge in [0.2, 0.25) is 0 Å². The van der Waals surface area contributed by atoms with Crippen LogP contribution in [0.15, 0.2) is 16.9 Å². The Morgan fingerprint density at radius 1 is 1.71 bits per heavy atom. The molecule has 1 rings (SSSR count). The zero-order valence-electron chi connectivity index (χ0n) is 3.60. The second-order valence-corrected chi connectivity index (χ2v) is 2.19. The van der Waals surface area contributed by atoms with Gasteiger partial charge in [-0.1, -0.05) is 0 Å². The van der Waals surface area contributed by atoms with E-state index in [4.69, 9.17) is 4.42 Å². The summed E-state index contributed by atoms with van der Waals surface area (Å²) in [5.41, 5.74) is 0. The van der Waals surface area contributed by atoms with Crippen molar-refractivity contribution in [3.8, 4) is 0 Å². The van der Waals surface area contributed by atoms with Crippen LogP contribution in [0.25, 0.3) is 0 Å². The molecule has 0 aromatic carbocycles. The molecule has 0 saturated carbocycles. The maximum absolute atomic E-state index is 4.78. The fourth-order valence-corrected chi connectivity index (χ4v) is 0.676. The van der Waals surface area contributed by atoms with Gasteiger partial charge in [-0.05, 0) is 0 Å². The average Bonchev–Trinajstić information content (AvgIpc) is 1.86. The Balaban J connectivity index is 0.000000360. The summed E-state index contributed by atoms with van der Waals surface area (Å²) in [4.78, 5) is 3.81. The van der Waals surface area contributed by atoms with Gasteiger partial charge in [-0.15, -0.1) is 0 Å². The number of aromatic nitrogens is 1. The number of halogens is 1. The van der Waals surface area contributed by atoms with Crippen molar-refractivity contribution >= 4 is 4.49 Å². The third-order valence-electron chi connectivity index (χ3n) is 0.483. The van der Waals surface area contributed by atoms with E-state index in [-0.39, 0.29) is 12.4 Å². The molecule has 0 aliphatic heterocycles. The predicted octanol–water partition coefficient (Wildman–Crippen LogP) is -3.15. The molecular formula is C3H2ClNOZn. The van der Waals surface area contributed by atoms with E-state index in [1.807, 2.05) is 0 Å². The molecule has 0 atom stereocenters. The maximum atomic E-state index is 4.78. The number of hydrogen-bond acceptors (Lipinski definition) is 2. The van der Waals surface area contributed by atoms with E-state index >= 15 is 0 Å². The van der Waals surface area contributed by atoms with Gasteiger partial charge in [-0.3, -0.25) is 0 Å². The van der Waals surface area contributed by atoms with Crippen molar-refractivity contribution in [2.24, 2.45) is 0 Å². The standard InChI is InChI=1S/C3H2NO.ClH.Zn/c1-2-5-3-4-1;;/h1-2H;1H;/q;;+1/p-1. The summed E-state index contributed by atoms with van der Waals surface area (Å²) >= 11 is 1.01. The number of hydrogen-bond donors (Lipinski definition) is 0. The molecule has 0 aliphatic rings. The Bertz CT molecular complexity index is 118. The van der Waals surface area contributed by atoms with Gasteiger partial charge in [-0.25, -0.2) is 0 Å². The van der Waals surface area contributed by atoms with E-state index in [1.54, 1.807) is 12.5 Å². The Hall–Kier alpha value is 0.123. The molecule has 0 radical (unpaired) electrons.